The van der Waals surface area contributed by atoms with Gasteiger partial charge in [-0.1, -0.05) is 178 Å². The molecule has 0 amide bonds. The van der Waals surface area contributed by atoms with E-state index in [9.17, 15) is 0 Å². The molecule has 0 saturated carbocycles. The first-order valence-corrected chi connectivity index (χ1v) is 25.5. The lowest BCUT2D eigenvalue weighted by Gasteiger charge is -2.34. The number of rotatable bonds is 5. The maximum Gasteiger partial charge on any atom is 0.137 e. The van der Waals surface area contributed by atoms with Crippen molar-refractivity contribution >= 4 is 65.6 Å². The van der Waals surface area contributed by atoms with Crippen LogP contribution in [0.5, 0.6) is 0 Å². The van der Waals surface area contributed by atoms with Crippen LogP contribution >= 0.6 is 0 Å². The van der Waals surface area contributed by atoms with Gasteiger partial charge in [0.1, 0.15) is 11.2 Å². The van der Waals surface area contributed by atoms with Crippen LogP contribution in [-0.2, 0) is 10.8 Å². The van der Waals surface area contributed by atoms with Crippen LogP contribution < -0.4 is 0 Å². The minimum absolute atomic E-state index is 0.160. The highest BCUT2D eigenvalue weighted by molar-refractivity contribution is 6.18. The first kappa shape index (κ1) is 40.5. The number of para-hydroxylation sites is 2. The summed E-state index contributed by atoms with van der Waals surface area (Å²) in [5, 5.41) is 7.15. The average molecular weight is 931 g/mol. The van der Waals surface area contributed by atoms with Gasteiger partial charge in [-0.25, -0.2) is 0 Å². The van der Waals surface area contributed by atoms with E-state index in [1.54, 1.807) is 0 Å². The zero-order valence-electron chi connectivity index (χ0n) is 40.4. The lowest BCUT2D eigenvalue weighted by molar-refractivity contribution is 0.661. The Labute approximate surface area is 422 Å². The Morgan fingerprint density at radius 2 is 0.849 bits per heavy atom. The predicted octanol–water partition coefficient (Wildman–Crippen LogP) is 18.1. The Hall–Kier alpha value is -9.18. The van der Waals surface area contributed by atoms with Gasteiger partial charge in [-0.15, -0.1) is 0 Å². The molecular formula is C70H46N2O. The van der Waals surface area contributed by atoms with Gasteiger partial charge in [0.25, 0.3) is 0 Å². The van der Waals surface area contributed by atoms with Crippen LogP contribution in [0.3, 0.4) is 0 Å². The molecule has 3 heteroatoms. The molecule has 0 bridgehead atoms. The second-order valence-electron chi connectivity index (χ2n) is 20.8. The Balaban J connectivity index is 0.926. The molecule has 3 heterocycles. The van der Waals surface area contributed by atoms with E-state index in [1.165, 1.54) is 99.3 Å². The topological polar surface area (TPSA) is 23.0 Å². The Morgan fingerprint density at radius 3 is 1.62 bits per heavy atom. The van der Waals surface area contributed by atoms with Gasteiger partial charge in [-0.3, -0.25) is 0 Å². The number of nitrogens with zero attached hydrogens (tertiary/aromatic N) is 2. The zero-order valence-corrected chi connectivity index (χ0v) is 40.4. The van der Waals surface area contributed by atoms with Crippen molar-refractivity contribution in [3.63, 3.8) is 0 Å². The summed E-state index contributed by atoms with van der Waals surface area (Å²) in [6, 6.07) is 90.3. The van der Waals surface area contributed by atoms with Crippen LogP contribution in [-0.4, -0.2) is 9.13 Å². The minimum Gasteiger partial charge on any atom is -0.456 e. The van der Waals surface area contributed by atoms with Crippen LogP contribution in [0.25, 0.3) is 110 Å². The highest BCUT2D eigenvalue weighted by Crippen LogP contribution is 2.57. The fourth-order valence-electron chi connectivity index (χ4n) is 13.5. The summed E-state index contributed by atoms with van der Waals surface area (Å²) >= 11 is 0. The molecule has 0 atom stereocenters. The predicted molar refractivity (Wildman–Crippen MR) is 303 cm³/mol. The van der Waals surface area contributed by atoms with Gasteiger partial charge in [0, 0.05) is 55.2 Å². The highest BCUT2D eigenvalue weighted by atomic mass is 16.3. The summed E-state index contributed by atoms with van der Waals surface area (Å²) in [5.74, 6) is 0. The van der Waals surface area contributed by atoms with E-state index in [-0.39, 0.29) is 5.41 Å². The first-order chi connectivity index (χ1) is 35.9. The van der Waals surface area contributed by atoms with Crippen molar-refractivity contribution in [3.8, 4) is 44.8 Å². The third-order valence-electron chi connectivity index (χ3n) is 16.8. The van der Waals surface area contributed by atoms with Crippen LogP contribution in [0.4, 0.5) is 0 Å². The Bertz CT molecular complexity index is 4590. The van der Waals surface area contributed by atoms with Crippen LogP contribution in [0.15, 0.2) is 247 Å². The van der Waals surface area contributed by atoms with Gasteiger partial charge in [-0.2, -0.15) is 0 Å². The molecule has 2 aliphatic carbocycles. The molecule has 0 spiro atoms. The molecule has 0 radical (unpaired) electrons. The molecule has 2 aliphatic rings. The van der Waals surface area contributed by atoms with Gasteiger partial charge >= 0.3 is 0 Å². The number of fused-ring (bicyclic) bond motifs is 15. The van der Waals surface area contributed by atoms with E-state index in [0.29, 0.717) is 0 Å². The van der Waals surface area contributed by atoms with Crippen molar-refractivity contribution < 1.29 is 4.42 Å². The zero-order chi connectivity index (χ0) is 48.2. The molecule has 3 nitrogen and oxygen atoms in total. The summed E-state index contributed by atoms with van der Waals surface area (Å²) in [6.07, 6.45) is 0. The van der Waals surface area contributed by atoms with Crippen molar-refractivity contribution in [2.75, 3.05) is 0 Å². The second-order valence-corrected chi connectivity index (χ2v) is 20.8. The molecule has 0 N–H and O–H groups in total. The maximum absolute atomic E-state index is 6.71. The number of furan rings is 1. The normalized spacial score (nSPS) is 14.1. The van der Waals surface area contributed by atoms with Crippen molar-refractivity contribution in [1.82, 2.24) is 9.13 Å². The molecule has 0 aliphatic heterocycles. The highest BCUT2D eigenvalue weighted by Gasteiger charge is 2.46. The van der Waals surface area contributed by atoms with Gasteiger partial charge in [0.05, 0.1) is 27.5 Å². The maximum atomic E-state index is 6.71. The smallest absolute Gasteiger partial charge is 0.137 e. The van der Waals surface area contributed by atoms with Crippen molar-refractivity contribution in [2.24, 2.45) is 0 Å². The molecule has 342 valence electrons. The van der Waals surface area contributed by atoms with Crippen LogP contribution in [0.1, 0.15) is 47.2 Å². The lowest BCUT2D eigenvalue weighted by Crippen LogP contribution is -2.28. The lowest BCUT2D eigenvalue weighted by atomic mass is 9.67. The molecular weight excluding hydrogens is 885 g/mol. The molecule has 73 heavy (non-hydrogen) atoms. The summed E-state index contributed by atoms with van der Waals surface area (Å²) < 4.78 is 11.6. The van der Waals surface area contributed by atoms with E-state index in [0.717, 1.165) is 44.4 Å². The average Bonchev–Trinajstić information content (AvgIpc) is 4.21. The molecule has 11 aromatic carbocycles. The van der Waals surface area contributed by atoms with Gasteiger partial charge in [-0.05, 0) is 140 Å². The number of hydrogen-bond acceptors (Lipinski definition) is 1. The summed E-state index contributed by atoms with van der Waals surface area (Å²) in [6.45, 7) is 4.77. The molecule has 3 aromatic heterocycles. The second kappa shape index (κ2) is 14.7. The van der Waals surface area contributed by atoms with Crippen LogP contribution in [0, 0.1) is 0 Å². The Morgan fingerprint density at radius 1 is 0.301 bits per heavy atom. The largest absolute Gasteiger partial charge is 0.456 e. The number of aromatic nitrogens is 2. The SMILES string of the molecule is CC1(C)c2ccccc2-c2cc3c4cc(-c5ccc6oc7cc8c(cc7c6c5)c5ccccc5n8-c5ccccc5)ccc4n(-c4ccc5c(c4)C(c4ccccc4)(c4ccccc4)c4ccccc4-5)c3cc21. The van der Waals surface area contributed by atoms with Crippen molar-refractivity contribution in [3.05, 3.63) is 276 Å². The fourth-order valence-corrected chi connectivity index (χ4v) is 13.5. The standard InChI is InChI=1S/C70H46N2O/c1-69(2)59-27-15-12-25-50(59)53-39-56-54-36-43(44-31-35-67-57(37-44)58-40-55-52-26-14-17-29-63(52)71(47-22-10-5-11-23-47)66(55)42-68(58)73-67)30-34-64(54)72(65(56)41-61(53)69)48-32-33-51-49-24-13-16-28-60(49)70(62(51)38-48,45-18-6-3-7-19-45)46-20-8-4-9-21-46/h3-42H,1-2H3. The summed E-state index contributed by atoms with van der Waals surface area (Å²) in [4.78, 5) is 0. The van der Waals surface area contributed by atoms with Gasteiger partial charge in [0.2, 0.25) is 0 Å². The quantitative estimate of drug-likeness (QED) is 0.169. The van der Waals surface area contributed by atoms with Crippen molar-refractivity contribution in [1.29, 1.82) is 0 Å². The van der Waals surface area contributed by atoms with E-state index >= 15 is 0 Å². The summed E-state index contributed by atoms with van der Waals surface area (Å²) in [5.41, 5.74) is 23.5. The third kappa shape index (κ3) is 5.43. The first-order valence-electron chi connectivity index (χ1n) is 25.5. The van der Waals surface area contributed by atoms with E-state index in [1.807, 2.05) is 0 Å². The number of benzene rings is 11. The third-order valence-corrected chi connectivity index (χ3v) is 16.8. The summed E-state index contributed by atoms with van der Waals surface area (Å²) in [7, 11) is 0. The molecule has 0 fully saturated rings. The monoisotopic (exact) mass is 930 g/mol. The minimum atomic E-state index is -0.512. The molecule has 0 saturated heterocycles. The van der Waals surface area contributed by atoms with Gasteiger partial charge in [0.15, 0.2) is 0 Å². The van der Waals surface area contributed by atoms with E-state index in [2.05, 4.69) is 266 Å². The van der Waals surface area contributed by atoms with Crippen molar-refractivity contribution in [2.45, 2.75) is 24.7 Å². The molecule has 0 unspecified atom stereocenters. The van der Waals surface area contributed by atoms with E-state index < -0.39 is 5.41 Å². The van der Waals surface area contributed by atoms with Crippen LogP contribution in [0.2, 0.25) is 0 Å². The molecule has 14 aromatic rings. The number of hydrogen-bond donors (Lipinski definition) is 0. The van der Waals surface area contributed by atoms with Gasteiger partial charge < -0.3 is 13.6 Å². The van der Waals surface area contributed by atoms with E-state index in [4.69, 9.17) is 4.42 Å². The Kier molecular flexibility index (Phi) is 8.16. The fraction of sp³-hybridized carbons (Fsp3) is 0.0571. The molecule has 16 rings (SSSR count).